The molecule has 2 fully saturated rings. The van der Waals surface area contributed by atoms with Crippen molar-refractivity contribution in [1.29, 1.82) is 0 Å². The van der Waals surface area contributed by atoms with Crippen LogP contribution in [0.15, 0.2) is 30.3 Å². The summed E-state index contributed by atoms with van der Waals surface area (Å²) in [6.45, 7) is 2.33. The van der Waals surface area contributed by atoms with Crippen LogP contribution in [0.3, 0.4) is 0 Å². The summed E-state index contributed by atoms with van der Waals surface area (Å²) in [5, 5.41) is 7.14. The summed E-state index contributed by atoms with van der Waals surface area (Å²) in [5.41, 5.74) is 1.50. The Kier molecular flexibility index (Phi) is 2.47. The molecular weight excluding hydrogens is 184 g/mol. The van der Waals surface area contributed by atoms with Crippen LogP contribution in [0.1, 0.15) is 24.3 Å². The van der Waals surface area contributed by atoms with Gasteiger partial charge in [-0.05, 0) is 24.9 Å². The molecule has 1 saturated heterocycles. The lowest BCUT2D eigenvalue weighted by molar-refractivity contribution is 0.537. The Hall–Kier alpha value is -0.860. The van der Waals surface area contributed by atoms with Gasteiger partial charge in [-0.3, -0.25) is 0 Å². The Labute approximate surface area is 91.1 Å². The molecule has 2 nitrogen and oxygen atoms in total. The molecule has 0 spiro atoms. The highest BCUT2D eigenvalue weighted by molar-refractivity contribution is 5.27. The van der Waals surface area contributed by atoms with Crippen molar-refractivity contribution >= 4 is 0 Å². The maximum Gasteiger partial charge on any atom is 0.0207 e. The molecule has 15 heavy (non-hydrogen) atoms. The Balaban J connectivity index is 1.55. The highest BCUT2D eigenvalue weighted by Gasteiger charge is 2.39. The summed E-state index contributed by atoms with van der Waals surface area (Å²) >= 11 is 0. The van der Waals surface area contributed by atoms with Crippen LogP contribution in [0.2, 0.25) is 0 Å². The summed E-state index contributed by atoms with van der Waals surface area (Å²) < 4.78 is 0. The van der Waals surface area contributed by atoms with E-state index in [-0.39, 0.29) is 0 Å². The van der Waals surface area contributed by atoms with E-state index >= 15 is 0 Å². The molecule has 1 heterocycles. The number of nitrogens with one attached hydrogen (secondary N) is 2. The molecule has 3 rings (SSSR count). The Morgan fingerprint density at radius 2 is 2.07 bits per heavy atom. The minimum atomic E-state index is 0.712. The molecule has 1 aliphatic carbocycles. The molecule has 2 N–H and O–H groups in total. The van der Waals surface area contributed by atoms with Crippen LogP contribution >= 0.6 is 0 Å². The third-order valence-electron chi connectivity index (χ3n) is 3.53. The fourth-order valence-electron chi connectivity index (χ4n) is 2.55. The number of hydrogen-bond acceptors (Lipinski definition) is 2. The lowest BCUT2D eigenvalue weighted by Gasteiger charge is -2.10. The van der Waals surface area contributed by atoms with Gasteiger partial charge in [0.1, 0.15) is 0 Å². The molecule has 0 radical (unpaired) electrons. The van der Waals surface area contributed by atoms with Gasteiger partial charge in [-0.1, -0.05) is 30.3 Å². The smallest absolute Gasteiger partial charge is 0.0207 e. The van der Waals surface area contributed by atoms with E-state index in [4.69, 9.17) is 0 Å². The molecule has 3 atom stereocenters. The fraction of sp³-hybridized carbons (Fsp3) is 0.538. The van der Waals surface area contributed by atoms with Gasteiger partial charge in [0.15, 0.2) is 0 Å². The zero-order valence-electron chi connectivity index (χ0n) is 8.95. The first-order valence-electron chi connectivity index (χ1n) is 5.95. The molecule has 2 heteroatoms. The van der Waals surface area contributed by atoms with Crippen molar-refractivity contribution in [2.75, 3.05) is 13.1 Å². The van der Waals surface area contributed by atoms with Crippen molar-refractivity contribution in [2.45, 2.75) is 30.8 Å². The van der Waals surface area contributed by atoms with Crippen molar-refractivity contribution < 1.29 is 0 Å². The number of hydrogen-bond donors (Lipinski definition) is 2. The van der Waals surface area contributed by atoms with Crippen molar-refractivity contribution in [2.24, 2.45) is 0 Å². The van der Waals surface area contributed by atoms with Crippen molar-refractivity contribution in [1.82, 2.24) is 10.6 Å². The van der Waals surface area contributed by atoms with Crippen LogP contribution in [-0.4, -0.2) is 25.2 Å². The van der Waals surface area contributed by atoms with Gasteiger partial charge in [-0.2, -0.15) is 0 Å². The fourth-order valence-corrected chi connectivity index (χ4v) is 2.55. The van der Waals surface area contributed by atoms with E-state index in [1.807, 2.05) is 0 Å². The average molecular weight is 202 g/mol. The van der Waals surface area contributed by atoms with E-state index < -0.39 is 0 Å². The van der Waals surface area contributed by atoms with Gasteiger partial charge in [0, 0.05) is 24.5 Å². The van der Waals surface area contributed by atoms with Crippen LogP contribution < -0.4 is 10.6 Å². The minimum absolute atomic E-state index is 0.712. The summed E-state index contributed by atoms with van der Waals surface area (Å²) in [6.07, 6.45) is 2.61. The molecule has 2 aliphatic rings. The van der Waals surface area contributed by atoms with Crippen LogP contribution in [0.5, 0.6) is 0 Å². The summed E-state index contributed by atoms with van der Waals surface area (Å²) in [7, 11) is 0. The Morgan fingerprint density at radius 3 is 2.80 bits per heavy atom. The first kappa shape index (κ1) is 9.37. The first-order valence-corrected chi connectivity index (χ1v) is 5.95. The van der Waals surface area contributed by atoms with Gasteiger partial charge >= 0.3 is 0 Å². The molecule has 1 saturated carbocycles. The van der Waals surface area contributed by atoms with E-state index in [1.165, 1.54) is 24.9 Å². The largest absolute Gasteiger partial charge is 0.315 e. The van der Waals surface area contributed by atoms with Gasteiger partial charge in [0.25, 0.3) is 0 Å². The van der Waals surface area contributed by atoms with Gasteiger partial charge in [-0.25, -0.2) is 0 Å². The van der Waals surface area contributed by atoms with E-state index in [1.54, 1.807) is 0 Å². The second-order valence-corrected chi connectivity index (χ2v) is 4.72. The molecule has 1 aromatic rings. The van der Waals surface area contributed by atoms with Crippen LogP contribution in [-0.2, 0) is 0 Å². The van der Waals surface area contributed by atoms with E-state index in [0.29, 0.717) is 6.04 Å². The summed E-state index contributed by atoms with van der Waals surface area (Å²) in [4.78, 5) is 0. The zero-order valence-corrected chi connectivity index (χ0v) is 8.95. The van der Waals surface area contributed by atoms with E-state index in [9.17, 15) is 0 Å². The molecule has 0 amide bonds. The molecule has 1 aromatic carbocycles. The highest BCUT2D eigenvalue weighted by atomic mass is 15.1. The second-order valence-electron chi connectivity index (χ2n) is 4.72. The van der Waals surface area contributed by atoms with Crippen molar-refractivity contribution in [3.63, 3.8) is 0 Å². The molecular formula is C13H18N2. The van der Waals surface area contributed by atoms with Gasteiger partial charge in [-0.15, -0.1) is 0 Å². The third-order valence-corrected chi connectivity index (χ3v) is 3.53. The molecule has 0 unspecified atom stereocenters. The zero-order chi connectivity index (χ0) is 10.1. The highest BCUT2D eigenvalue weighted by Crippen LogP contribution is 2.40. The van der Waals surface area contributed by atoms with Crippen LogP contribution in [0, 0.1) is 0 Å². The molecule has 0 aromatic heterocycles. The van der Waals surface area contributed by atoms with Gasteiger partial charge in [0.05, 0.1) is 0 Å². The molecule has 0 bridgehead atoms. The third kappa shape index (κ3) is 2.06. The number of rotatable bonds is 3. The normalized spacial score (nSPS) is 34.3. The molecule has 1 aliphatic heterocycles. The lowest BCUT2D eigenvalue weighted by atomic mass is 10.1. The standard InChI is InChI=1S/C13H18N2/c1-2-4-10(5-3-1)12-8-13(12)15-11-6-7-14-9-11/h1-5,11-15H,6-9H2/t11-,12-,13+/m0/s1. The van der Waals surface area contributed by atoms with E-state index in [0.717, 1.165) is 18.5 Å². The predicted octanol–water partition coefficient (Wildman–Crippen LogP) is 1.49. The van der Waals surface area contributed by atoms with Gasteiger partial charge < -0.3 is 10.6 Å². The van der Waals surface area contributed by atoms with Crippen LogP contribution in [0.25, 0.3) is 0 Å². The SMILES string of the molecule is c1ccc([C@@H]2C[C@H]2N[C@H]2CCNC2)cc1. The second kappa shape index (κ2) is 3.95. The average Bonchev–Trinajstić information content (AvgIpc) is 2.84. The van der Waals surface area contributed by atoms with Crippen molar-refractivity contribution in [3.05, 3.63) is 35.9 Å². The topological polar surface area (TPSA) is 24.1 Å². The van der Waals surface area contributed by atoms with Crippen LogP contribution in [0.4, 0.5) is 0 Å². The lowest BCUT2D eigenvalue weighted by Crippen LogP contribution is -2.33. The van der Waals surface area contributed by atoms with Gasteiger partial charge in [0.2, 0.25) is 0 Å². The maximum atomic E-state index is 3.74. The Morgan fingerprint density at radius 1 is 1.20 bits per heavy atom. The van der Waals surface area contributed by atoms with Crippen molar-refractivity contribution in [3.8, 4) is 0 Å². The first-order chi connectivity index (χ1) is 7.43. The quantitative estimate of drug-likeness (QED) is 0.776. The predicted molar refractivity (Wildman–Crippen MR) is 62.0 cm³/mol. The minimum Gasteiger partial charge on any atom is -0.315 e. The monoisotopic (exact) mass is 202 g/mol. The summed E-state index contributed by atoms with van der Waals surface area (Å²) in [5.74, 6) is 0.770. The molecule has 80 valence electrons. The Bertz CT molecular complexity index is 317. The summed E-state index contributed by atoms with van der Waals surface area (Å²) in [6, 6.07) is 12.3. The van der Waals surface area contributed by atoms with E-state index in [2.05, 4.69) is 41.0 Å². The number of benzene rings is 1. The maximum absolute atomic E-state index is 3.74.